The third kappa shape index (κ3) is 3.98. The van der Waals surface area contributed by atoms with Crippen molar-refractivity contribution in [3.05, 3.63) is 42.4 Å². The molecule has 3 rings (SSSR count). The molecule has 1 atom stereocenters. The maximum absolute atomic E-state index is 12.0. The molecule has 6 N–H and O–H groups in total. The number of hydrogen-bond donors (Lipinski definition) is 4. The summed E-state index contributed by atoms with van der Waals surface area (Å²) in [6, 6.07) is 4.12. The van der Waals surface area contributed by atoms with Crippen molar-refractivity contribution in [3.63, 3.8) is 0 Å². The molecule has 0 bridgehead atoms. The highest BCUT2D eigenvalue weighted by Gasteiger charge is 2.14. The van der Waals surface area contributed by atoms with E-state index in [1.165, 1.54) is 6.92 Å². The van der Waals surface area contributed by atoms with Crippen molar-refractivity contribution in [2.75, 3.05) is 11.1 Å². The molecule has 28 heavy (non-hydrogen) atoms. The molecular weight excluding hydrogens is 358 g/mol. The molecule has 1 unspecified atom stereocenters. The van der Waals surface area contributed by atoms with Crippen molar-refractivity contribution < 1.29 is 9.59 Å². The van der Waals surface area contributed by atoms with Crippen LogP contribution in [0.25, 0.3) is 22.0 Å². The van der Waals surface area contributed by atoms with Crippen LogP contribution in [-0.4, -0.2) is 32.9 Å². The Bertz CT molecular complexity index is 1050. The lowest BCUT2D eigenvalue weighted by Crippen LogP contribution is -2.44. The maximum atomic E-state index is 12.0. The van der Waals surface area contributed by atoms with Crippen LogP contribution in [0, 0.1) is 0 Å². The minimum atomic E-state index is -0.801. The molecule has 0 aliphatic rings. The van der Waals surface area contributed by atoms with Gasteiger partial charge in [0.05, 0.1) is 5.69 Å². The Morgan fingerprint density at radius 3 is 2.75 bits per heavy atom. The number of nitrogen functional groups attached to an aromatic ring is 1. The average Bonchev–Trinajstić information content (AvgIpc) is 2.67. The van der Waals surface area contributed by atoms with Crippen LogP contribution in [-0.2, 0) is 11.2 Å². The first-order valence-electron chi connectivity index (χ1n) is 8.75. The highest BCUT2D eigenvalue weighted by Crippen LogP contribution is 2.28. The number of hydrogen-bond acceptors (Lipinski definition) is 6. The van der Waals surface area contributed by atoms with Crippen molar-refractivity contribution >= 4 is 34.3 Å². The fraction of sp³-hybridized carbons (Fsp3) is 0.211. The second kappa shape index (κ2) is 7.87. The maximum Gasteiger partial charge on any atom is 0.321 e. The van der Waals surface area contributed by atoms with Crippen LogP contribution in [0.2, 0.25) is 0 Å². The normalized spacial score (nSPS) is 11.8. The molecule has 0 radical (unpaired) electrons. The van der Waals surface area contributed by atoms with E-state index in [-0.39, 0.29) is 0 Å². The number of carbonyl (C=O) groups is 2. The predicted molar refractivity (Wildman–Crippen MR) is 107 cm³/mol. The van der Waals surface area contributed by atoms with Crippen LogP contribution < -0.4 is 22.1 Å². The van der Waals surface area contributed by atoms with Crippen molar-refractivity contribution in [1.29, 1.82) is 0 Å². The van der Waals surface area contributed by atoms with E-state index in [0.717, 1.165) is 22.9 Å². The van der Waals surface area contributed by atoms with E-state index in [9.17, 15) is 9.59 Å². The van der Waals surface area contributed by atoms with E-state index >= 15 is 0 Å². The Morgan fingerprint density at radius 2 is 2.04 bits per heavy atom. The number of nitrogens with two attached hydrogens (primary N) is 2. The van der Waals surface area contributed by atoms with E-state index in [0.29, 0.717) is 22.7 Å². The van der Waals surface area contributed by atoms with Gasteiger partial charge in [-0.25, -0.2) is 14.8 Å². The first-order valence-corrected chi connectivity index (χ1v) is 8.75. The van der Waals surface area contributed by atoms with Crippen LogP contribution in [0.3, 0.4) is 0 Å². The number of rotatable bonds is 5. The van der Waals surface area contributed by atoms with E-state index in [1.807, 2.05) is 12.1 Å². The predicted octanol–water partition coefficient (Wildman–Crippen LogP) is 1.83. The highest BCUT2D eigenvalue weighted by atomic mass is 16.2. The minimum Gasteiger partial charge on any atom is -0.383 e. The Hall–Kier alpha value is -3.75. The number of pyridine rings is 3. The average molecular weight is 379 g/mol. The van der Waals surface area contributed by atoms with E-state index < -0.39 is 18.0 Å². The SMILES string of the molecule is CCc1ccncc1-c1cc2cc(NC(=O)NC(C)C(N)=O)ncc2c(N)n1. The van der Waals surface area contributed by atoms with Gasteiger partial charge in [-0.15, -0.1) is 0 Å². The smallest absolute Gasteiger partial charge is 0.321 e. The number of anilines is 2. The van der Waals surface area contributed by atoms with Crippen LogP contribution in [0.5, 0.6) is 0 Å². The number of carbonyl (C=O) groups excluding carboxylic acids is 2. The van der Waals surface area contributed by atoms with E-state index in [1.54, 1.807) is 24.7 Å². The van der Waals surface area contributed by atoms with E-state index in [2.05, 4.69) is 32.5 Å². The lowest BCUT2D eigenvalue weighted by molar-refractivity contribution is -0.119. The number of primary amides is 1. The molecule has 144 valence electrons. The topological polar surface area (TPSA) is 149 Å². The molecule has 9 nitrogen and oxygen atoms in total. The van der Waals surface area contributed by atoms with Gasteiger partial charge in [0.1, 0.15) is 17.7 Å². The molecule has 0 saturated heterocycles. The number of nitrogens with one attached hydrogen (secondary N) is 2. The molecular formula is C19H21N7O2. The zero-order valence-corrected chi connectivity index (χ0v) is 15.6. The summed E-state index contributed by atoms with van der Waals surface area (Å²) < 4.78 is 0. The Balaban J connectivity index is 1.95. The van der Waals surface area contributed by atoms with Crippen LogP contribution in [0.15, 0.2) is 36.8 Å². The number of amides is 3. The van der Waals surface area contributed by atoms with Crippen LogP contribution in [0.4, 0.5) is 16.4 Å². The molecule has 0 aliphatic heterocycles. The molecule has 0 fully saturated rings. The molecule has 3 aromatic rings. The molecule has 0 aliphatic carbocycles. The fourth-order valence-electron chi connectivity index (χ4n) is 2.76. The Labute approximate surface area is 161 Å². The zero-order valence-electron chi connectivity index (χ0n) is 15.6. The number of aromatic nitrogens is 3. The summed E-state index contributed by atoms with van der Waals surface area (Å²) in [5.74, 6) is 0.0117. The van der Waals surface area contributed by atoms with Crippen molar-refractivity contribution in [2.45, 2.75) is 26.3 Å². The first kappa shape index (κ1) is 19.0. The van der Waals surface area contributed by atoms with Gasteiger partial charge in [0, 0.05) is 29.5 Å². The summed E-state index contributed by atoms with van der Waals surface area (Å²) in [6.07, 6.45) is 5.87. The van der Waals surface area contributed by atoms with E-state index in [4.69, 9.17) is 11.5 Å². The van der Waals surface area contributed by atoms with Crippen LogP contribution >= 0.6 is 0 Å². The molecule has 3 heterocycles. The molecule has 0 saturated carbocycles. The fourth-order valence-corrected chi connectivity index (χ4v) is 2.76. The van der Waals surface area contributed by atoms with Gasteiger partial charge in [-0.05, 0) is 42.5 Å². The van der Waals surface area contributed by atoms with Gasteiger partial charge in [0.2, 0.25) is 5.91 Å². The zero-order chi connectivity index (χ0) is 20.3. The Morgan fingerprint density at radius 1 is 1.25 bits per heavy atom. The van der Waals surface area contributed by atoms with Gasteiger partial charge in [0.25, 0.3) is 0 Å². The molecule has 3 aromatic heterocycles. The summed E-state index contributed by atoms with van der Waals surface area (Å²) in [7, 11) is 0. The summed E-state index contributed by atoms with van der Waals surface area (Å²) >= 11 is 0. The summed E-state index contributed by atoms with van der Waals surface area (Å²) in [6.45, 7) is 3.55. The number of aryl methyl sites for hydroxylation is 1. The Kier molecular flexibility index (Phi) is 5.35. The van der Waals surface area contributed by atoms with Gasteiger partial charge in [-0.1, -0.05) is 6.92 Å². The quantitative estimate of drug-likeness (QED) is 0.531. The second-order valence-electron chi connectivity index (χ2n) is 6.29. The molecule has 0 spiro atoms. The van der Waals surface area contributed by atoms with Gasteiger partial charge in [-0.3, -0.25) is 15.1 Å². The number of fused-ring (bicyclic) bond motifs is 1. The third-order valence-electron chi connectivity index (χ3n) is 4.33. The van der Waals surface area contributed by atoms with Crippen molar-refractivity contribution in [3.8, 4) is 11.3 Å². The highest BCUT2D eigenvalue weighted by molar-refractivity contribution is 5.97. The van der Waals surface area contributed by atoms with Gasteiger partial charge in [-0.2, -0.15) is 0 Å². The standard InChI is InChI=1S/C19H21N7O2/c1-3-11-4-5-22-8-13(11)15-6-12-7-16(23-9-14(12)17(20)25-15)26-19(28)24-10(2)18(21)27/h4-10H,3H2,1-2H3,(H2,20,25)(H2,21,27)(H2,23,24,26,28). The summed E-state index contributed by atoms with van der Waals surface area (Å²) in [5, 5.41) is 6.44. The van der Waals surface area contributed by atoms with Crippen LogP contribution in [0.1, 0.15) is 19.4 Å². The lowest BCUT2D eigenvalue weighted by Gasteiger charge is -2.12. The lowest BCUT2D eigenvalue weighted by atomic mass is 10.0. The minimum absolute atomic E-state index is 0.306. The number of urea groups is 1. The van der Waals surface area contributed by atoms with Gasteiger partial charge >= 0.3 is 6.03 Å². The molecule has 3 amide bonds. The summed E-state index contributed by atoms with van der Waals surface area (Å²) in [4.78, 5) is 35.9. The van der Waals surface area contributed by atoms with Gasteiger partial charge in [0.15, 0.2) is 0 Å². The monoisotopic (exact) mass is 379 g/mol. The summed E-state index contributed by atoms with van der Waals surface area (Å²) in [5.41, 5.74) is 14.0. The largest absolute Gasteiger partial charge is 0.383 e. The molecule has 9 heteroatoms. The van der Waals surface area contributed by atoms with Gasteiger partial charge < -0.3 is 16.8 Å². The first-order chi connectivity index (χ1) is 13.4. The van der Waals surface area contributed by atoms with Crippen molar-refractivity contribution in [2.24, 2.45) is 5.73 Å². The second-order valence-corrected chi connectivity index (χ2v) is 6.29. The third-order valence-corrected chi connectivity index (χ3v) is 4.33. The number of nitrogens with zero attached hydrogens (tertiary/aromatic N) is 3. The molecule has 0 aromatic carbocycles. The van der Waals surface area contributed by atoms with Crippen molar-refractivity contribution in [1.82, 2.24) is 20.3 Å².